The topological polar surface area (TPSA) is 47.3 Å². The third-order valence-corrected chi connectivity index (χ3v) is 2.66. The minimum Gasteiger partial charge on any atom is -0.399 e. The number of benzene rings is 1. The van der Waals surface area contributed by atoms with Gasteiger partial charge in [0.2, 0.25) is 0 Å². The van der Waals surface area contributed by atoms with Gasteiger partial charge in [-0.3, -0.25) is 0 Å². The van der Waals surface area contributed by atoms with Crippen LogP contribution in [0.5, 0.6) is 0 Å². The zero-order chi connectivity index (χ0) is 11.5. The summed E-state index contributed by atoms with van der Waals surface area (Å²) in [6.45, 7) is 1.88. The maximum absolute atomic E-state index is 13.4. The highest BCUT2D eigenvalue weighted by molar-refractivity contribution is 5.54. The Hall–Kier alpha value is -1.36. The highest BCUT2D eigenvalue weighted by Crippen LogP contribution is 2.23. The molecule has 0 bridgehead atoms. The number of halogens is 2. The molecule has 1 fully saturated rings. The minimum absolute atomic E-state index is 0.0877. The van der Waals surface area contributed by atoms with Gasteiger partial charge in [-0.05, 0) is 18.6 Å². The Morgan fingerprint density at radius 1 is 1.38 bits per heavy atom. The van der Waals surface area contributed by atoms with Crippen LogP contribution in [0.2, 0.25) is 0 Å². The Balaban J connectivity index is 2.03. The highest BCUT2D eigenvalue weighted by Gasteiger charge is 2.17. The lowest BCUT2D eigenvalue weighted by molar-refractivity contribution is 0.187. The van der Waals surface area contributed by atoms with Crippen LogP contribution in [0.4, 0.5) is 20.2 Å². The first-order chi connectivity index (χ1) is 7.66. The molecule has 0 radical (unpaired) electrons. The molecule has 0 amide bonds. The fourth-order valence-corrected chi connectivity index (χ4v) is 1.75. The first-order valence-corrected chi connectivity index (χ1v) is 5.23. The van der Waals surface area contributed by atoms with Crippen LogP contribution in [-0.2, 0) is 4.74 Å². The molecule has 0 aliphatic carbocycles. The molecule has 1 aromatic carbocycles. The summed E-state index contributed by atoms with van der Waals surface area (Å²) in [6.07, 6.45) is 0.922. The summed E-state index contributed by atoms with van der Waals surface area (Å²) in [6, 6.07) is 2.22. The van der Waals surface area contributed by atoms with Crippen LogP contribution in [0.25, 0.3) is 0 Å². The van der Waals surface area contributed by atoms with Gasteiger partial charge in [0.05, 0.1) is 6.61 Å². The van der Waals surface area contributed by atoms with Gasteiger partial charge in [0.1, 0.15) is 5.69 Å². The number of nitrogens with two attached hydrogens (primary N) is 1. The SMILES string of the molecule is Nc1cc(F)c(NCC2CCOC2)c(F)c1. The van der Waals surface area contributed by atoms with Gasteiger partial charge in [-0.15, -0.1) is 0 Å². The van der Waals surface area contributed by atoms with Crippen molar-refractivity contribution < 1.29 is 13.5 Å². The van der Waals surface area contributed by atoms with Gasteiger partial charge in [-0.1, -0.05) is 0 Å². The van der Waals surface area contributed by atoms with Crippen LogP contribution in [0.15, 0.2) is 12.1 Å². The van der Waals surface area contributed by atoms with E-state index in [1.165, 1.54) is 0 Å². The zero-order valence-electron chi connectivity index (χ0n) is 8.80. The molecule has 1 atom stereocenters. The lowest BCUT2D eigenvalue weighted by Gasteiger charge is -2.12. The summed E-state index contributed by atoms with van der Waals surface area (Å²) in [7, 11) is 0. The second kappa shape index (κ2) is 4.65. The number of nitrogen functional groups attached to an aromatic ring is 1. The van der Waals surface area contributed by atoms with Gasteiger partial charge in [-0.25, -0.2) is 8.78 Å². The fourth-order valence-electron chi connectivity index (χ4n) is 1.75. The van der Waals surface area contributed by atoms with E-state index < -0.39 is 11.6 Å². The molecule has 5 heteroatoms. The number of rotatable bonds is 3. The monoisotopic (exact) mass is 228 g/mol. The summed E-state index contributed by atoms with van der Waals surface area (Å²) in [5.74, 6) is -0.996. The molecular formula is C11H14F2N2O. The Morgan fingerprint density at radius 3 is 2.62 bits per heavy atom. The standard InChI is InChI=1S/C11H14F2N2O/c12-9-3-8(14)4-10(13)11(9)15-5-7-1-2-16-6-7/h3-4,7,15H,1-2,5-6,14H2. The Morgan fingerprint density at radius 2 is 2.06 bits per heavy atom. The van der Waals surface area contributed by atoms with E-state index in [-0.39, 0.29) is 11.4 Å². The molecule has 1 heterocycles. The van der Waals surface area contributed by atoms with Gasteiger partial charge in [-0.2, -0.15) is 0 Å². The molecule has 1 aromatic rings. The molecule has 1 unspecified atom stereocenters. The number of nitrogens with one attached hydrogen (secondary N) is 1. The van der Waals surface area contributed by atoms with Gasteiger partial charge in [0, 0.05) is 24.8 Å². The van der Waals surface area contributed by atoms with Gasteiger partial charge < -0.3 is 15.8 Å². The van der Waals surface area contributed by atoms with E-state index in [1.54, 1.807) is 0 Å². The Labute approximate surface area is 92.6 Å². The molecule has 1 aliphatic heterocycles. The zero-order valence-corrected chi connectivity index (χ0v) is 8.80. The van der Waals surface area contributed by atoms with E-state index >= 15 is 0 Å². The van der Waals surface area contributed by atoms with Crippen molar-refractivity contribution in [2.24, 2.45) is 5.92 Å². The van der Waals surface area contributed by atoms with E-state index in [9.17, 15) is 8.78 Å². The van der Waals surface area contributed by atoms with Gasteiger partial charge in [0.15, 0.2) is 11.6 Å². The summed E-state index contributed by atoms with van der Waals surface area (Å²) < 4.78 is 31.9. The third kappa shape index (κ3) is 2.41. The molecule has 16 heavy (non-hydrogen) atoms. The predicted molar refractivity (Wildman–Crippen MR) is 58.2 cm³/mol. The minimum atomic E-state index is -0.656. The normalized spacial score (nSPS) is 20.0. The van der Waals surface area contributed by atoms with E-state index in [1.807, 2.05) is 0 Å². The van der Waals surface area contributed by atoms with Crippen molar-refractivity contribution in [3.05, 3.63) is 23.8 Å². The predicted octanol–water partition coefficient (Wildman–Crippen LogP) is 2.00. The third-order valence-electron chi connectivity index (χ3n) is 2.66. The highest BCUT2D eigenvalue weighted by atomic mass is 19.1. The van der Waals surface area contributed by atoms with Crippen LogP contribution in [-0.4, -0.2) is 19.8 Å². The van der Waals surface area contributed by atoms with Crippen molar-refractivity contribution >= 4 is 11.4 Å². The van der Waals surface area contributed by atoms with Crippen LogP contribution in [0.3, 0.4) is 0 Å². The summed E-state index contributed by atoms with van der Waals surface area (Å²) >= 11 is 0. The van der Waals surface area contributed by atoms with Crippen molar-refractivity contribution in [1.82, 2.24) is 0 Å². The molecule has 3 N–H and O–H groups in total. The molecule has 1 aliphatic rings. The molecule has 0 saturated carbocycles. The molecule has 88 valence electrons. The number of hydrogen-bond donors (Lipinski definition) is 2. The van der Waals surface area contributed by atoms with Crippen molar-refractivity contribution in [2.45, 2.75) is 6.42 Å². The quantitative estimate of drug-likeness (QED) is 0.778. The Bertz CT molecular complexity index is 355. The fraction of sp³-hybridized carbons (Fsp3) is 0.455. The smallest absolute Gasteiger partial charge is 0.151 e. The van der Waals surface area contributed by atoms with Crippen LogP contribution < -0.4 is 11.1 Å². The lowest BCUT2D eigenvalue weighted by atomic mass is 10.1. The molecule has 0 aromatic heterocycles. The summed E-state index contributed by atoms with van der Waals surface area (Å²) in [5, 5.41) is 2.76. The average molecular weight is 228 g/mol. The van der Waals surface area contributed by atoms with Crippen LogP contribution >= 0.6 is 0 Å². The van der Waals surface area contributed by atoms with Crippen molar-refractivity contribution in [1.29, 1.82) is 0 Å². The molecular weight excluding hydrogens is 214 g/mol. The van der Waals surface area contributed by atoms with Gasteiger partial charge in [0.25, 0.3) is 0 Å². The van der Waals surface area contributed by atoms with E-state index in [2.05, 4.69) is 5.32 Å². The second-order valence-electron chi connectivity index (χ2n) is 3.97. The number of hydrogen-bond acceptors (Lipinski definition) is 3. The molecule has 1 saturated heterocycles. The van der Waals surface area contributed by atoms with Crippen LogP contribution in [0.1, 0.15) is 6.42 Å². The molecule has 3 nitrogen and oxygen atoms in total. The van der Waals surface area contributed by atoms with E-state index in [0.717, 1.165) is 25.2 Å². The van der Waals surface area contributed by atoms with E-state index in [4.69, 9.17) is 10.5 Å². The molecule has 2 rings (SSSR count). The summed E-state index contributed by atoms with van der Waals surface area (Å²) in [5.41, 5.74) is 5.30. The maximum atomic E-state index is 13.4. The Kier molecular flexibility index (Phi) is 3.24. The number of anilines is 2. The average Bonchev–Trinajstić information content (AvgIpc) is 2.68. The first kappa shape index (κ1) is 11.1. The number of ether oxygens (including phenoxy) is 1. The van der Waals surface area contributed by atoms with E-state index in [0.29, 0.717) is 19.1 Å². The van der Waals surface area contributed by atoms with Crippen molar-refractivity contribution in [3.63, 3.8) is 0 Å². The molecule has 0 spiro atoms. The lowest BCUT2D eigenvalue weighted by Crippen LogP contribution is -2.15. The van der Waals surface area contributed by atoms with Crippen molar-refractivity contribution in [2.75, 3.05) is 30.8 Å². The maximum Gasteiger partial charge on any atom is 0.151 e. The van der Waals surface area contributed by atoms with Gasteiger partial charge >= 0.3 is 0 Å². The first-order valence-electron chi connectivity index (χ1n) is 5.23. The second-order valence-corrected chi connectivity index (χ2v) is 3.97. The summed E-state index contributed by atoms with van der Waals surface area (Å²) in [4.78, 5) is 0. The largest absolute Gasteiger partial charge is 0.399 e. The van der Waals surface area contributed by atoms with Crippen molar-refractivity contribution in [3.8, 4) is 0 Å². The van der Waals surface area contributed by atoms with Crippen LogP contribution in [0, 0.1) is 17.6 Å².